The molecule has 3 aromatic rings. The third-order valence-corrected chi connectivity index (χ3v) is 6.29. The van der Waals surface area contributed by atoms with Crippen LogP contribution in [0.5, 0.6) is 0 Å². The summed E-state index contributed by atoms with van der Waals surface area (Å²) in [4.78, 5) is 40.4. The van der Waals surface area contributed by atoms with Crippen molar-refractivity contribution >= 4 is 35.1 Å². The molecule has 4 rings (SSSR count). The summed E-state index contributed by atoms with van der Waals surface area (Å²) in [7, 11) is 5.28. The molecule has 1 aliphatic heterocycles. The number of piperazine rings is 1. The van der Waals surface area contributed by atoms with Crippen molar-refractivity contribution in [3.05, 3.63) is 48.9 Å². The summed E-state index contributed by atoms with van der Waals surface area (Å²) in [5.41, 5.74) is 2.45. The third kappa shape index (κ3) is 5.24. The Hall–Kier alpha value is -4.15. The lowest BCUT2D eigenvalue weighted by Crippen LogP contribution is -2.58. The van der Waals surface area contributed by atoms with Crippen LogP contribution < -0.4 is 15.1 Å². The average Bonchev–Trinajstić information content (AvgIpc) is 3.34. The molecule has 1 aliphatic rings. The van der Waals surface area contributed by atoms with Gasteiger partial charge in [0.05, 0.1) is 5.69 Å². The molecule has 0 aliphatic carbocycles. The predicted molar refractivity (Wildman–Crippen MR) is 140 cm³/mol. The van der Waals surface area contributed by atoms with Crippen LogP contribution in [0.1, 0.15) is 20.8 Å². The van der Waals surface area contributed by atoms with Crippen LogP contribution in [0.2, 0.25) is 0 Å². The molecule has 1 N–H and O–H groups in total. The molecule has 11 nitrogen and oxygen atoms in total. The smallest absolute Gasteiger partial charge is 0.321 e. The van der Waals surface area contributed by atoms with Crippen LogP contribution in [0.3, 0.4) is 0 Å². The van der Waals surface area contributed by atoms with Crippen molar-refractivity contribution in [2.45, 2.75) is 32.9 Å². The third-order valence-electron chi connectivity index (χ3n) is 6.29. The summed E-state index contributed by atoms with van der Waals surface area (Å²) in [6.07, 6.45) is 3.44. The first-order chi connectivity index (χ1) is 17.1. The number of benzene rings is 1. The number of nitrogens with one attached hydrogen (secondary N) is 1. The first-order valence-corrected chi connectivity index (χ1v) is 11.9. The summed E-state index contributed by atoms with van der Waals surface area (Å²) < 4.78 is 1.72. The molecule has 2 atom stereocenters. The summed E-state index contributed by atoms with van der Waals surface area (Å²) >= 11 is 0. The van der Waals surface area contributed by atoms with Crippen molar-refractivity contribution in [2.75, 3.05) is 49.3 Å². The second-order valence-electron chi connectivity index (χ2n) is 9.32. The zero-order chi connectivity index (χ0) is 26.0. The van der Waals surface area contributed by atoms with E-state index in [1.54, 1.807) is 38.2 Å². The van der Waals surface area contributed by atoms with Gasteiger partial charge in [-0.1, -0.05) is 0 Å². The number of pyridine rings is 1. The number of anilines is 4. The Kier molecular flexibility index (Phi) is 7.09. The van der Waals surface area contributed by atoms with E-state index in [-0.39, 0.29) is 24.0 Å². The maximum atomic E-state index is 12.0. The van der Waals surface area contributed by atoms with Crippen molar-refractivity contribution in [1.29, 1.82) is 0 Å². The summed E-state index contributed by atoms with van der Waals surface area (Å²) in [5.74, 6) is 1.48. The Morgan fingerprint density at radius 2 is 1.67 bits per heavy atom. The number of hydrogen-bond donors (Lipinski definition) is 1. The van der Waals surface area contributed by atoms with Gasteiger partial charge in [0.1, 0.15) is 12.1 Å². The summed E-state index contributed by atoms with van der Waals surface area (Å²) in [6.45, 7) is 7.19. The number of amides is 3. The minimum atomic E-state index is -0.183. The Morgan fingerprint density at radius 3 is 2.28 bits per heavy atom. The number of carbonyl (C=O) groups excluding carboxylic acids is 2. The van der Waals surface area contributed by atoms with Crippen molar-refractivity contribution < 1.29 is 9.59 Å². The molecule has 0 unspecified atom stereocenters. The highest BCUT2D eigenvalue weighted by Gasteiger charge is 2.31. The molecule has 0 radical (unpaired) electrons. The highest BCUT2D eigenvalue weighted by Crippen LogP contribution is 2.25. The quantitative estimate of drug-likeness (QED) is 0.585. The number of hydrogen-bond acceptors (Lipinski definition) is 7. The maximum Gasteiger partial charge on any atom is 0.321 e. The average molecular weight is 492 g/mol. The molecular formula is C25H33N9O2. The van der Waals surface area contributed by atoms with Gasteiger partial charge in [0.15, 0.2) is 0 Å². The molecule has 1 fully saturated rings. The van der Waals surface area contributed by atoms with Crippen molar-refractivity contribution in [2.24, 2.45) is 0 Å². The fourth-order valence-electron chi connectivity index (χ4n) is 4.51. The maximum absolute atomic E-state index is 12.0. The Balaban J connectivity index is 1.48. The number of carbonyl (C=O) groups is 2. The SMILES string of the molecule is CC(=O)N1[C@H](C)CN(c2cc(-n3cnc(N(C)c4ccc(NC(=O)N(C)C)cc4)n3)ccn2)C[C@@H]1C. The number of urea groups is 1. The predicted octanol–water partition coefficient (Wildman–Crippen LogP) is 2.97. The Morgan fingerprint density at radius 1 is 1.00 bits per heavy atom. The van der Waals surface area contributed by atoms with Crippen LogP contribution in [0.15, 0.2) is 48.9 Å². The van der Waals surface area contributed by atoms with E-state index in [2.05, 4.69) is 39.1 Å². The minimum absolute atomic E-state index is 0.101. The lowest BCUT2D eigenvalue weighted by Gasteiger charge is -2.44. The van der Waals surface area contributed by atoms with E-state index in [1.165, 1.54) is 4.90 Å². The van der Waals surface area contributed by atoms with E-state index >= 15 is 0 Å². The van der Waals surface area contributed by atoms with Crippen LogP contribution in [0, 0.1) is 0 Å². The van der Waals surface area contributed by atoms with Gasteiger partial charge in [-0.15, -0.1) is 5.10 Å². The first-order valence-electron chi connectivity index (χ1n) is 11.9. The van der Waals surface area contributed by atoms with Gasteiger partial charge < -0.3 is 24.9 Å². The zero-order valence-corrected chi connectivity index (χ0v) is 21.6. The Bertz CT molecular complexity index is 1210. The van der Waals surface area contributed by atoms with E-state index in [9.17, 15) is 9.59 Å². The van der Waals surface area contributed by atoms with Crippen LogP contribution in [-0.2, 0) is 4.79 Å². The molecular weight excluding hydrogens is 458 g/mol. The van der Waals surface area contributed by atoms with Crippen LogP contribution in [-0.4, -0.2) is 87.8 Å². The van der Waals surface area contributed by atoms with Gasteiger partial charge in [0.25, 0.3) is 0 Å². The minimum Gasteiger partial charge on any atom is -0.352 e. The van der Waals surface area contributed by atoms with Gasteiger partial charge >= 0.3 is 6.03 Å². The summed E-state index contributed by atoms with van der Waals surface area (Å²) in [5, 5.41) is 7.48. The molecule has 1 saturated heterocycles. The van der Waals surface area contributed by atoms with E-state index < -0.39 is 0 Å². The number of nitrogens with zero attached hydrogens (tertiary/aromatic N) is 8. The van der Waals surface area contributed by atoms with Crippen LogP contribution >= 0.6 is 0 Å². The van der Waals surface area contributed by atoms with E-state index in [1.807, 2.05) is 53.2 Å². The number of aromatic nitrogens is 4. The van der Waals surface area contributed by atoms with Gasteiger partial charge in [-0.3, -0.25) is 4.79 Å². The molecule has 2 aromatic heterocycles. The molecule has 0 saturated carbocycles. The van der Waals surface area contributed by atoms with Crippen molar-refractivity contribution in [3.8, 4) is 5.69 Å². The normalized spacial score (nSPS) is 17.6. The van der Waals surface area contributed by atoms with Gasteiger partial charge in [0, 0.05) is 76.9 Å². The topological polar surface area (TPSA) is 103 Å². The van der Waals surface area contributed by atoms with Gasteiger partial charge in [-0.05, 0) is 44.2 Å². The fraction of sp³-hybridized carbons (Fsp3) is 0.400. The lowest BCUT2D eigenvalue weighted by atomic mass is 10.1. The standard InChI is InChI=1S/C25H33N9O2/c1-17-14-32(15-18(2)34(17)19(3)35)23-13-22(11-12-26-23)33-16-27-24(29-33)31(6)21-9-7-20(8-10-21)28-25(36)30(4)5/h7-13,16-18H,14-15H2,1-6H3,(H,28,36)/t17-,18+. The van der Waals surface area contributed by atoms with Crippen LogP contribution in [0.25, 0.3) is 5.69 Å². The van der Waals surface area contributed by atoms with Crippen LogP contribution in [0.4, 0.5) is 27.9 Å². The van der Waals surface area contributed by atoms with Gasteiger partial charge in [-0.25, -0.2) is 14.5 Å². The second kappa shape index (κ2) is 10.2. The van der Waals surface area contributed by atoms with Gasteiger partial charge in [0.2, 0.25) is 11.9 Å². The molecule has 190 valence electrons. The molecule has 1 aromatic carbocycles. The monoisotopic (exact) mass is 491 g/mol. The highest BCUT2D eigenvalue weighted by atomic mass is 16.2. The summed E-state index contributed by atoms with van der Waals surface area (Å²) in [6, 6.07) is 11.4. The molecule has 3 heterocycles. The fourth-order valence-corrected chi connectivity index (χ4v) is 4.51. The van der Waals surface area contributed by atoms with Gasteiger partial charge in [-0.2, -0.15) is 4.98 Å². The highest BCUT2D eigenvalue weighted by molar-refractivity contribution is 5.89. The number of rotatable bonds is 5. The zero-order valence-electron chi connectivity index (χ0n) is 21.6. The van der Waals surface area contributed by atoms with Crippen molar-refractivity contribution in [1.82, 2.24) is 29.5 Å². The molecule has 0 bridgehead atoms. The molecule has 36 heavy (non-hydrogen) atoms. The van der Waals surface area contributed by atoms with E-state index in [0.717, 1.165) is 30.3 Å². The van der Waals surface area contributed by atoms with Crippen molar-refractivity contribution in [3.63, 3.8) is 0 Å². The first kappa shape index (κ1) is 25.0. The van der Waals surface area contributed by atoms with E-state index in [0.29, 0.717) is 11.6 Å². The largest absolute Gasteiger partial charge is 0.352 e. The second-order valence-corrected chi connectivity index (χ2v) is 9.32. The molecule has 3 amide bonds. The van der Waals surface area contributed by atoms with E-state index in [4.69, 9.17) is 0 Å². The lowest BCUT2D eigenvalue weighted by molar-refractivity contribution is -0.133. The molecule has 11 heteroatoms. The molecule has 0 spiro atoms. The Labute approximate surface area is 211 Å².